The highest BCUT2D eigenvalue weighted by Gasteiger charge is 2.25. The van der Waals surface area contributed by atoms with Gasteiger partial charge in [-0.25, -0.2) is 0 Å². The predicted octanol–water partition coefficient (Wildman–Crippen LogP) is 2.21. The number of hydrogen-bond acceptors (Lipinski definition) is 3. The van der Waals surface area contributed by atoms with E-state index in [4.69, 9.17) is 21.1 Å². The van der Waals surface area contributed by atoms with E-state index in [0.29, 0.717) is 5.02 Å². The van der Waals surface area contributed by atoms with Gasteiger partial charge in [0.15, 0.2) is 0 Å². The highest BCUT2D eigenvalue weighted by Crippen LogP contribution is 2.35. The number of benzene rings is 1. The van der Waals surface area contributed by atoms with E-state index in [9.17, 15) is 4.79 Å². The average molecular weight is 227 g/mol. The molecule has 15 heavy (non-hydrogen) atoms. The van der Waals surface area contributed by atoms with Gasteiger partial charge in [0.25, 0.3) is 0 Å². The number of halogens is 1. The first-order valence-corrected chi connectivity index (χ1v) is 5.12. The van der Waals surface area contributed by atoms with Crippen LogP contribution in [-0.4, -0.2) is 18.7 Å². The van der Waals surface area contributed by atoms with Crippen molar-refractivity contribution in [1.82, 2.24) is 0 Å². The Hall–Kier alpha value is -1.22. The predicted molar refractivity (Wildman–Crippen MR) is 56.2 cm³/mol. The van der Waals surface area contributed by atoms with Crippen LogP contribution in [0, 0.1) is 0 Å². The Morgan fingerprint density at radius 3 is 3.13 bits per heavy atom. The summed E-state index contributed by atoms with van der Waals surface area (Å²) in [7, 11) is 0. The minimum Gasteiger partial charge on any atom is -0.485 e. The average Bonchev–Trinajstić information content (AvgIpc) is 2.59. The van der Waals surface area contributed by atoms with Gasteiger partial charge in [0.1, 0.15) is 18.5 Å². The van der Waals surface area contributed by atoms with Crippen molar-refractivity contribution in [3.8, 4) is 5.75 Å². The van der Waals surface area contributed by atoms with Crippen LogP contribution in [0.3, 0.4) is 0 Å². The van der Waals surface area contributed by atoms with Crippen molar-refractivity contribution in [2.75, 3.05) is 6.61 Å². The van der Waals surface area contributed by atoms with Gasteiger partial charge in [0.2, 0.25) is 0 Å². The molecule has 1 aliphatic rings. The molecule has 0 saturated heterocycles. The highest BCUT2D eigenvalue weighted by atomic mass is 35.5. The van der Waals surface area contributed by atoms with Crippen molar-refractivity contribution in [3.05, 3.63) is 28.8 Å². The van der Waals surface area contributed by atoms with E-state index < -0.39 is 0 Å². The molecule has 1 aliphatic heterocycles. The summed E-state index contributed by atoms with van der Waals surface area (Å²) in [5, 5.41) is 0.609. The number of esters is 1. The molecule has 80 valence electrons. The normalized spacial score (nSPS) is 18.1. The fourth-order valence-electron chi connectivity index (χ4n) is 1.60. The Kier molecular flexibility index (Phi) is 2.82. The van der Waals surface area contributed by atoms with E-state index in [2.05, 4.69) is 0 Å². The molecule has 1 aromatic rings. The molecule has 0 spiro atoms. The van der Waals surface area contributed by atoms with Crippen LogP contribution in [-0.2, 0) is 16.0 Å². The van der Waals surface area contributed by atoms with Crippen LogP contribution in [0.1, 0.15) is 12.5 Å². The fourth-order valence-corrected chi connectivity index (χ4v) is 1.84. The van der Waals surface area contributed by atoms with Gasteiger partial charge in [0.05, 0.1) is 5.02 Å². The van der Waals surface area contributed by atoms with Crippen LogP contribution in [0.5, 0.6) is 5.75 Å². The third-order valence-corrected chi connectivity index (χ3v) is 2.55. The van der Waals surface area contributed by atoms with Gasteiger partial charge in [-0.2, -0.15) is 0 Å². The van der Waals surface area contributed by atoms with E-state index in [-0.39, 0.29) is 18.7 Å². The zero-order chi connectivity index (χ0) is 10.8. The summed E-state index contributed by atoms with van der Waals surface area (Å²) in [6.07, 6.45) is 0.632. The molecule has 0 unspecified atom stereocenters. The van der Waals surface area contributed by atoms with Gasteiger partial charge < -0.3 is 9.47 Å². The lowest BCUT2D eigenvalue weighted by atomic mass is 10.1. The number of ether oxygens (including phenoxy) is 2. The summed E-state index contributed by atoms with van der Waals surface area (Å²) in [4.78, 5) is 10.6. The summed E-state index contributed by atoms with van der Waals surface area (Å²) >= 11 is 5.96. The van der Waals surface area contributed by atoms with Crippen LogP contribution in [0.4, 0.5) is 0 Å². The zero-order valence-corrected chi connectivity index (χ0v) is 9.08. The minimum atomic E-state index is -0.291. The highest BCUT2D eigenvalue weighted by molar-refractivity contribution is 6.32. The molecule has 0 fully saturated rings. The molecule has 0 N–H and O–H groups in total. The van der Waals surface area contributed by atoms with Crippen molar-refractivity contribution in [2.45, 2.75) is 19.4 Å². The maximum absolute atomic E-state index is 10.6. The fraction of sp³-hybridized carbons (Fsp3) is 0.364. The van der Waals surface area contributed by atoms with E-state index in [1.54, 1.807) is 6.07 Å². The monoisotopic (exact) mass is 226 g/mol. The van der Waals surface area contributed by atoms with Gasteiger partial charge in [-0.05, 0) is 11.6 Å². The van der Waals surface area contributed by atoms with Gasteiger partial charge in [-0.1, -0.05) is 23.7 Å². The van der Waals surface area contributed by atoms with Crippen LogP contribution in [0.15, 0.2) is 18.2 Å². The van der Waals surface area contributed by atoms with Gasteiger partial charge in [-0.15, -0.1) is 0 Å². The molecule has 1 aromatic carbocycles. The van der Waals surface area contributed by atoms with E-state index >= 15 is 0 Å². The van der Waals surface area contributed by atoms with Crippen LogP contribution >= 0.6 is 11.6 Å². The molecule has 0 bridgehead atoms. The first kappa shape index (κ1) is 10.3. The first-order valence-electron chi connectivity index (χ1n) is 4.74. The van der Waals surface area contributed by atoms with Crippen molar-refractivity contribution < 1.29 is 14.3 Å². The number of rotatable bonds is 2. The number of para-hydroxylation sites is 1. The molecule has 0 saturated carbocycles. The largest absolute Gasteiger partial charge is 0.485 e. The lowest BCUT2D eigenvalue weighted by Gasteiger charge is -2.10. The van der Waals surface area contributed by atoms with Crippen molar-refractivity contribution in [3.63, 3.8) is 0 Å². The molecular weight excluding hydrogens is 216 g/mol. The third-order valence-electron chi connectivity index (χ3n) is 2.25. The van der Waals surface area contributed by atoms with Crippen LogP contribution in [0.25, 0.3) is 0 Å². The molecule has 0 aromatic heterocycles. The summed E-state index contributed by atoms with van der Waals surface area (Å²) in [5.41, 5.74) is 1.07. The molecule has 4 heteroatoms. The molecule has 0 radical (unpaired) electrons. The third kappa shape index (κ3) is 2.23. The van der Waals surface area contributed by atoms with E-state index in [0.717, 1.165) is 17.7 Å². The number of fused-ring (bicyclic) bond motifs is 1. The topological polar surface area (TPSA) is 35.5 Å². The Labute approximate surface area is 92.9 Å². The number of carbonyl (C=O) groups is 1. The zero-order valence-electron chi connectivity index (χ0n) is 8.33. The summed E-state index contributed by atoms with van der Waals surface area (Å²) in [6, 6.07) is 5.64. The Balaban J connectivity index is 2.03. The maximum atomic E-state index is 10.6. The molecule has 3 nitrogen and oxygen atoms in total. The second kappa shape index (κ2) is 4.11. The Morgan fingerprint density at radius 2 is 2.47 bits per heavy atom. The molecule has 0 aliphatic carbocycles. The SMILES string of the molecule is CC(=O)OC[C@H]1Cc2cccc(Cl)c2O1. The van der Waals surface area contributed by atoms with Crippen molar-refractivity contribution in [1.29, 1.82) is 0 Å². The Bertz CT molecular complexity index is 389. The van der Waals surface area contributed by atoms with Crippen LogP contribution < -0.4 is 4.74 Å². The lowest BCUT2D eigenvalue weighted by Crippen LogP contribution is -2.21. The molecular formula is C11H11ClO3. The van der Waals surface area contributed by atoms with E-state index in [1.807, 2.05) is 12.1 Å². The second-order valence-corrected chi connectivity index (χ2v) is 3.88. The molecule has 1 atom stereocenters. The molecule has 2 rings (SSSR count). The second-order valence-electron chi connectivity index (χ2n) is 3.47. The summed E-state index contributed by atoms with van der Waals surface area (Å²) in [5.74, 6) is 0.428. The summed E-state index contributed by atoms with van der Waals surface area (Å²) < 4.78 is 10.5. The van der Waals surface area contributed by atoms with Gasteiger partial charge in [0, 0.05) is 13.3 Å². The van der Waals surface area contributed by atoms with Crippen molar-refractivity contribution in [2.24, 2.45) is 0 Å². The summed E-state index contributed by atoms with van der Waals surface area (Å²) in [6.45, 7) is 1.66. The number of carbonyl (C=O) groups excluding carboxylic acids is 1. The quantitative estimate of drug-likeness (QED) is 0.726. The van der Waals surface area contributed by atoms with Crippen LogP contribution in [0.2, 0.25) is 5.02 Å². The standard InChI is InChI=1S/C11H11ClO3/c1-7(13)14-6-9-5-8-3-2-4-10(12)11(8)15-9/h2-4,9H,5-6H2,1H3/t9-/m1/s1. The van der Waals surface area contributed by atoms with E-state index in [1.165, 1.54) is 6.92 Å². The van der Waals surface area contributed by atoms with Gasteiger partial charge >= 0.3 is 5.97 Å². The van der Waals surface area contributed by atoms with Crippen molar-refractivity contribution >= 4 is 17.6 Å². The minimum absolute atomic E-state index is 0.108. The molecule has 0 amide bonds. The lowest BCUT2D eigenvalue weighted by molar-refractivity contribution is -0.143. The maximum Gasteiger partial charge on any atom is 0.302 e. The Morgan fingerprint density at radius 1 is 1.67 bits per heavy atom. The molecule has 1 heterocycles. The number of hydrogen-bond donors (Lipinski definition) is 0. The first-order chi connectivity index (χ1) is 7.16. The van der Waals surface area contributed by atoms with Gasteiger partial charge in [-0.3, -0.25) is 4.79 Å². The smallest absolute Gasteiger partial charge is 0.302 e.